The lowest BCUT2D eigenvalue weighted by Gasteiger charge is -2.40. The number of carbonyl (C=O) groups excluding carboxylic acids is 1. The van der Waals surface area contributed by atoms with Crippen molar-refractivity contribution in [2.75, 3.05) is 6.54 Å². The molecule has 1 saturated heterocycles. The molecule has 2 heterocycles. The van der Waals surface area contributed by atoms with E-state index in [9.17, 15) is 4.79 Å². The molecule has 1 amide bonds. The second-order valence-electron chi connectivity index (χ2n) is 6.91. The maximum atomic E-state index is 12.3. The van der Waals surface area contributed by atoms with Gasteiger partial charge in [0.2, 0.25) is 0 Å². The zero-order valence-electron chi connectivity index (χ0n) is 14.0. The van der Waals surface area contributed by atoms with Gasteiger partial charge in [-0.3, -0.25) is 4.98 Å². The summed E-state index contributed by atoms with van der Waals surface area (Å²) in [4.78, 5) is 18.3. The van der Waals surface area contributed by atoms with Gasteiger partial charge in [-0.25, -0.2) is 4.79 Å². The van der Waals surface area contributed by atoms with E-state index in [4.69, 9.17) is 4.74 Å². The van der Waals surface area contributed by atoms with E-state index in [1.165, 1.54) is 0 Å². The highest BCUT2D eigenvalue weighted by atomic mass is 16.6. The molecule has 2 atom stereocenters. The molecule has 0 aliphatic carbocycles. The standard InChI is InChI=1S/C17H27N3O2/c1-13-15(19-12-14-7-5-9-18-11-14)8-6-10-20(13)16(21)22-17(2,3)4/h5,7,9,11,13,15,19H,6,8,10,12H2,1-4H3. The van der Waals surface area contributed by atoms with Crippen LogP contribution in [0.5, 0.6) is 0 Å². The molecular weight excluding hydrogens is 278 g/mol. The summed E-state index contributed by atoms with van der Waals surface area (Å²) in [7, 11) is 0. The van der Waals surface area contributed by atoms with Gasteiger partial charge in [0.1, 0.15) is 5.60 Å². The Morgan fingerprint density at radius 2 is 2.27 bits per heavy atom. The summed E-state index contributed by atoms with van der Waals surface area (Å²) in [6.07, 6.45) is 5.49. The Morgan fingerprint density at radius 1 is 1.50 bits per heavy atom. The molecule has 0 aromatic carbocycles. The first-order valence-corrected chi connectivity index (χ1v) is 7.99. The third-order valence-electron chi connectivity index (χ3n) is 3.91. The van der Waals surface area contributed by atoms with Gasteiger partial charge in [-0.1, -0.05) is 6.07 Å². The largest absolute Gasteiger partial charge is 0.444 e. The van der Waals surface area contributed by atoms with Crippen LogP contribution in [0.2, 0.25) is 0 Å². The van der Waals surface area contributed by atoms with Gasteiger partial charge in [0, 0.05) is 37.6 Å². The Kier molecular flexibility index (Phi) is 5.40. The second kappa shape index (κ2) is 7.09. The topological polar surface area (TPSA) is 54.5 Å². The average molecular weight is 305 g/mol. The molecule has 2 rings (SSSR count). The summed E-state index contributed by atoms with van der Waals surface area (Å²) < 4.78 is 5.51. The average Bonchev–Trinajstić information content (AvgIpc) is 2.45. The predicted octanol–water partition coefficient (Wildman–Crippen LogP) is 2.96. The van der Waals surface area contributed by atoms with Crippen molar-refractivity contribution in [3.05, 3.63) is 30.1 Å². The van der Waals surface area contributed by atoms with E-state index in [0.29, 0.717) is 0 Å². The first kappa shape index (κ1) is 16.7. The van der Waals surface area contributed by atoms with Crippen molar-refractivity contribution in [2.45, 2.75) is 64.8 Å². The number of aromatic nitrogens is 1. The third-order valence-corrected chi connectivity index (χ3v) is 3.91. The van der Waals surface area contributed by atoms with Crippen molar-refractivity contribution in [1.82, 2.24) is 15.2 Å². The van der Waals surface area contributed by atoms with Gasteiger partial charge in [0.25, 0.3) is 0 Å². The van der Waals surface area contributed by atoms with E-state index in [-0.39, 0.29) is 18.2 Å². The lowest BCUT2D eigenvalue weighted by molar-refractivity contribution is 0.00699. The number of hydrogen-bond acceptors (Lipinski definition) is 4. The monoisotopic (exact) mass is 305 g/mol. The molecule has 122 valence electrons. The van der Waals surface area contributed by atoms with Gasteiger partial charge in [-0.05, 0) is 52.2 Å². The summed E-state index contributed by atoms with van der Waals surface area (Å²) in [5.74, 6) is 0. The molecule has 0 spiro atoms. The number of piperidine rings is 1. The van der Waals surface area contributed by atoms with Gasteiger partial charge in [-0.15, -0.1) is 0 Å². The van der Waals surface area contributed by atoms with E-state index < -0.39 is 5.60 Å². The SMILES string of the molecule is CC1C(NCc2cccnc2)CCCN1C(=O)OC(C)(C)C. The maximum Gasteiger partial charge on any atom is 0.410 e. The summed E-state index contributed by atoms with van der Waals surface area (Å²) >= 11 is 0. The van der Waals surface area contributed by atoms with E-state index in [0.717, 1.165) is 31.5 Å². The summed E-state index contributed by atoms with van der Waals surface area (Å²) in [6.45, 7) is 9.32. The smallest absolute Gasteiger partial charge is 0.410 e. The van der Waals surface area contributed by atoms with E-state index in [1.807, 2.05) is 37.9 Å². The number of pyridine rings is 1. The molecule has 22 heavy (non-hydrogen) atoms. The van der Waals surface area contributed by atoms with Crippen LogP contribution >= 0.6 is 0 Å². The molecule has 5 nitrogen and oxygen atoms in total. The fourth-order valence-corrected chi connectivity index (χ4v) is 2.75. The van der Waals surface area contributed by atoms with Gasteiger partial charge >= 0.3 is 6.09 Å². The maximum absolute atomic E-state index is 12.3. The van der Waals surface area contributed by atoms with Crippen LogP contribution in [0.15, 0.2) is 24.5 Å². The van der Waals surface area contributed by atoms with Crippen molar-refractivity contribution in [3.63, 3.8) is 0 Å². The van der Waals surface area contributed by atoms with Crippen molar-refractivity contribution in [2.24, 2.45) is 0 Å². The predicted molar refractivity (Wildman–Crippen MR) is 86.5 cm³/mol. The molecule has 1 aliphatic heterocycles. The van der Waals surface area contributed by atoms with Crippen LogP contribution in [0.3, 0.4) is 0 Å². The Labute approximate surface area is 133 Å². The molecule has 0 radical (unpaired) electrons. The van der Waals surface area contributed by atoms with Gasteiger partial charge in [0.15, 0.2) is 0 Å². The number of hydrogen-bond donors (Lipinski definition) is 1. The zero-order chi connectivity index (χ0) is 16.2. The number of ether oxygens (including phenoxy) is 1. The minimum absolute atomic E-state index is 0.125. The number of carbonyl (C=O) groups is 1. The molecular formula is C17H27N3O2. The summed E-state index contributed by atoms with van der Waals surface area (Å²) in [6, 6.07) is 4.40. The highest BCUT2D eigenvalue weighted by Gasteiger charge is 2.33. The van der Waals surface area contributed by atoms with Gasteiger partial charge in [-0.2, -0.15) is 0 Å². The van der Waals surface area contributed by atoms with Gasteiger partial charge in [0.05, 0.1) is 0 Å². The molecule has 1 fully saturated rings. The highest BCUT2D eigenvalue weighted by molar-refractivity contribution is 5.68. The Morgan fingerprint density at radius 3 is 2.91 bits per heavy atom. The van der Waals surface area contributed by atoms with Crippen LogP contribution in [-0.4, -0.2) is 40.2 Å². The van der Waals surface area contributed by atoms with Crippen LogP contribution in [-0.2, 0) is 11.3 Å². The van der Waals surface area contributed by atoms with Crippen LogP contribution < -0.4 is 5.32 Å². The summed E-state index contributed by atoms with van der Waals surface area (Å²) in [5.41, 5.74) is 0.705. The molecule has 2 unspecified atom stereocenters. The van der Waals surface area contributed by atoms with Crippen molar-refractivity contribution in [1.29, 1.82) is 0 Å². The molecule has 0 saturated carbocycles. The van der Waals surface area contributed by atoms with Crippen LogP contribution in [0, 0.1) is 0 Å². The first-order valence-electron chi connectivity index (χ1n) is 7.99. The van der Waals surface area contributed by atoms with Crippen LogP contribution in [0.25, 0.3) is 0 Å². The lowest BCUT2D eigenvalue weighted by Crippen LogP contribution is -2.55. The number of rotatable bonds is 3. The minimum atomic E-state index is -0.452. The quantitative estimate of drug-likeness (QED) is 0.933. The third kappa shape index (κ3) is 4.70. The first-order chi connectivity index (χ1) is 10.4. The number of likely N-dealkylation sites (tertiary alicyclic amines) is 1. The van der Waals surface area contributed by atoms with E-state index >= 15 is 0 Å². The molecule has 1 N–H and O–H groups in total. The minimum Gasteiger partial charge on any atom is -0.444 e. The number of nitrogens with zero attached hydrogens (tertiary/aromatic N) is 2. The molecule has 1 aromatic rings. The lowest BCUT2D eigenvalue weighted by atomic mass is 9.97. The molecule has 5 heteroatoms. The fraction of sp³-hybridized carbons (Fsp3) is 0.647. The summed E-state index contributed by atoms with van der Waals surface area (Å²) in [5, 5.41) is 3.55. The van der Waals surface area contributed by atoms with Gasteiger partial charge < -0.3 is 15.0 Å². The second-order valence-corrected chi connectivity index (χ2v) is 6.91. The van der Waals surface area contributed by atoms with Crippen LogP contribution in [0.1, 0.15) is 46.1 Å². The zero-order valence-corrected chi connectivity index (χ0v) is 14.0. The Bertz CT molecular complexity index is 484. The number of nitrogens with one attached hydrogen (secondary N) is 1. The van der Waals surface area contributed by atoms with Crippen molar-refractivity contribution in [3.8, 4) is 0 Å². The van der Waals surface area contributed by atoms with Crippen molar-refractivity contribution < 1.29 is 9.53 Å². The Balaban J connectivity index is 1.92. The normalized spacial score (nSPS) is 22.5. The molecule has 1 aliphatic rings. The molecule has 1 aromatic heterocycles. The highest BCUT2D eigenvalue weighted by Crippen LogP contribution is 2.21. The Hall–Kier alpha value is -1.62. The number of amides is 1. The van der Waals surface area contributed by atoms with E-state index in [2.05, 4.69) is 23.3 Å². The van der Waals surface area contributed by atoms with Crippen molar-refractivity contribution >= 4 is 6.09 Å². The fourth-order valence-electron chi connectivity index (χ4n) is 2.75. The molecule has 0 bridgehead atoms. The van der Waals surface area contributed by atoms with E-state index in [1.54, 1.807) is 6.20 Å². The van der Waals surface area contributed by atoms with Crippen LogP contribution in [0.4, 0.5) is 4.79 Å².